The van der Waals surface area contributed by atoms with Gasteiger partial charge in [0.1, 0.15) is 0 Å². The first-order chi connectivity index (χ1) is 7.70. The molecule has 0 atom stereocenters. The molecule has 1 aliphatic rings. The van der Waals surface area contributed by atoms with E-state index in [0.29, 0.717) is 19.6 Å². The lowest BCUT2D eigenvalue weighted by atomic mass is 10.3. The van der Waals surface area contributed by atoms with Gasteiger partial charge in [-0.1, -0.05) is 0 Å². The van der Waals surface area contributed by atoms with Gasteiger partial charge in [-0.2, -0.15) is 0 Å². The summed E-state index contributed by atoms with van der Waals surface area (Å²) in [6.45, 7) is 4.93. The van der Waals surface area contributed by atoms with E-state index in [-0.39, 0.29) is 13.2 Å². The Morgan fingerprint density at radius 2 is 2.00 bits per heavy atom. The van der Waals surface area contributed by atoms with Crippen molar-refractivity contribution in [2.45, 2.75) is 6.92 Å². The number of aliphatic hydroxyl groups excluding tert-OH is 1. The molecule has 1 saturated heterocycles. The van der Waals surface area contributed by atoms with Gasteiger partial charge in [0.25, 0.3) is 0 Å². The van der Waals surface area contributed by atoms with Gasteiger partial charge >= 0.3 is 11.8 Å². The zero-order valence-corrected chi connectivity index (χ0v) is 9.61. The van der Waals surface area contributed by atoms with Crippen LogP contribution in [0.15, 0.2) is 0 Å². The molecule has 1 heterocycles. The molecule has 0 unspecified atom stereocenters. The van der Waals surface area contributed by atoms with Gasteiger partial charge in [0, 0.05) is 39.3 Å². The van der Waals surface area contributed by atoms with Crippen LogP contribution in [-0.4, -0.2) is 72.6 Å². The van der Waals surface area contributed by atoms with E-state index in [1.165, 1.54) is 4.90 Å². The van der Waals surface area contributed by atoms with Crippen LogP contribution in [0.25, 0.3) is 0 Å². The summed E-state index contributed by atoms with van der Waals surface area (Å²) in [5, 5.41) is 11.9. The fraction of sp³-hybridized carbons (Fsp3) is 0.800. The van der Waals surface area contributed by atoms with E-state index in [2.05, 4.69) is 5.32 Å². The van der Waals surface area contributed by atoms with Gasteiger partial charge in [-0.15, -0.1) is 0 Å². The monoisotopic (exact) mass is 229 g/mol. The van der Waals surface area contributed by atoms with Gasteiger partial charge in [-0.25, -0.2) is 0 Å². The highest BCUT2D eigenvalue weighted by Gasteiger charge is 2.26. The van der Waals surface area contributed by atoms with Crippen LogP contribution in [0.4, 0.5) is 0 Å². The third-order valence-corrected chi connectivity index (χ3v) is 2.63. The van der Waals surface area contributed by atoms with Crippen molar-refractivity contribution >= 4 is 11.8 Å². The van der Waals surface area contributed by atoms with E-state index in [0.717, 1.165) is 13.1 Å². The molecule has 16 heavy (non-hydrogen) atoms. The molecule has 0 aliphatic carbocycles. The predicted molar refractivity (Wildman–Crippen MR) is 58.8 cm³/mol. The first-order valence-corrected chi connectivity index (χ1v) is 5.60. The molecule has 6 nitrogen and oxygen atoms in total. The van der Waals surface area contributed by atoms with E-state index >= 15 is 0 Å². The van der Waals surface area contributed by atoms with Crippen molar-refractivity contribution in [3.05, 3.63) is 0 Å². The number of amides is 2. The minimum Gasteiger partial charge on any atom is -0.395 e. The van der Waals surface area contributed by atoms with Crippen molar-refractivity contribution in [3.63, 3.8) is 0 Å². The van der Waals surface area contributed by atoms with Crippen molar-refractivity contribution in [2.24, 2.45) is 0 Å². The molecule has 0 spiro atoms. The number of hydrogen-bond donors (Lipinski definition) is 2. The van der Waals surface area contributed by atoms with Gasteiger partial charge in [0.15, 0.2) is 0 Å². The maximum atomic E-state index is 11.8. The molecular weight excluding hydrogens is 210 g/mol. The van der Waals surface area contributed by atoms with Crippen molar-refractivity contribution in [3.8, 4) is 0 Å². The quantitative estimate of drug-likeness (QED) is 0.563. The average molecular weight is 229 g/mol. The number of nitrogens with zero attached hydrogens (tertiary/aromatic N) is 2. The maximum Gasteiger partial charge on any atom is 0.312 e. The SMILES string of the molecule is CCN(CCO)C(=O)C(=O)N1CCNCC1. The highest BCUT2D eigenvalue weighted by atomic mass is 16.3. The Kier molecular flexibility index (Phi) is 5.21. The van der Waals surface area contributed by atoms with Crippen LogP contribution in [0.1, 0.15) is 6.92 Å². The van der Waals surface area contributed by atoms with Crippen LogP contribution >= 0.6 is 0 Å². The Morgan fingerprint density at radius 1 is 1.38 bits per heavy atom. The summed E-state index contributed by atoms with van der Waals surface area (Å²) in [6, 6.07) is 0. The largest absolute Gasteiger partial charge is 0.395 e. The molecule has 0 saturated carbocycles. The third kappa shape index (κ3) is 3.18. The van der Waals surface area contributed by atoms with E-state index in [9.17, 15) is 9.59 Å². The Hall–Kier alpha value is -1.14. The molecule has 0 radical (unpaired) electrons. The van der Waals surface area contributed by atoms with Crippen LogP contribution in [0, 0.1) is 0 Å². The second-order valence-corrected chi connectivity index (χ2v) is 3.65. The van der Waals surface area contributed by atoms with Crippen molar-refractivity contribution in [1.29, 1.82) is 0 Å². The number of likely N-dealkylation sites (N-methyl/N-ethyl adjacent to an activating group) is 1. The number of nitrogens with one attached hydrogen (secondary N) is 1. The molecule has 2 N–H and O–H groups in total. The molecule has 2 amide bonds. The smallest absolute Gasteiger partial charge is 0.312 e. The maximum absolute atomic E-state index is 11.8. The standard InChI is InChI=1S/C10H19N3O3/c1-2-12(7-8-14)9(15)10(16)13-5-3-11-4-6-13/h11,14H,2-8H2,1H3. The molecule has 0 bridgehead atoms. The van der Waals surface area contributed by atoms with Gasteiger partial charge in [-0.05, 0) is 6.92 Å². The zero-order chi connectivity index (χ0) is 12.0. The highest BCUT2D eigenvalue weighted by molar-refractivity contribution is 6.34. The number of hydrogen-bond acceptors (Lipinski definition) is 4. The molecule has 1 fully saturated rings. The number of aliphatic hydroxyl groups is 1. The number of carbonyl (C=O) groups excluding carboxylic acids is 2. The second-order valence-electron chi connectivity index (χ2n) is 3.65. The molecule has 0 aromatic heterocycles. The van der Waals surface area contributed by atoms with E-state index in [4.69, 9.17) is 5.11 Å². The van der Waals surface area contributed by atoms with Crippen molar-refractivity contribution in [1.82, 2.24) is 15.1 Å². The van der Waals surface area contributed by atoms with Crippen LogP contribution in [0.5, 0.6) is 0 Å². The van der Waals surface area contributed by atoms with Crippen LogP contribution in [0.3, 0.4) is 0 Å². The second kappa shape index (κ2) is 6.44. The van der Waals surface area contributed by atoms with Crippen LogP contribution in [-0.2, 0) is 9.59 Å². The minimum atomic E-state index is -0.515. The Morgan fingerprint density at radius 3 is 2.50 bits per heavy atom. The lowest BCUT2D eigenvalue weighted by molar-refractivity contribution is -0.152. The lowest BCUT2D eigenvalue weighted by Crippen LogP contribution is -2.52. The molecule has 6 heteroatoms. The number of carbonyl (C=O) groups is 2. The Balaban J connectivity index is 2.53. The Bertz CT molecular complexity index is 237. The summed E-state index contributed by atoms with van der Waals surface area (Å²) in [5.74, 6) is -0.977. The summed E-state index contributed by atoms with van der Waals surface area (Å²) in [7, 11) is 0. The Labute approximate surface area is 95.2 Å². The molecule has 0 aromatic rings. The minimum absolute atomic E-state index is 0.117. The predicted octanol–water partition coefficient (Wildman–Crippen LogP) is -1.74. The highest BCUT2D eigenvalue weighted by Crippen LogP contribution is 1.98. The first-order valence-electron chi connectivity index (χ1n) is 5.60. The fourth-order valence-corrected chi connectivity index (χ4v) is 1.66. The first kappa shape index (κ1) is 12.9. The molecule has 1 aliphatic heterocycles. The summed E-state index contributed by atoms with van der Waals surface area (Å²) < 4.78 is 0. The molecular formula is C10H19N3O3. The summed E-state index contributed by atoms with van der Waals surface area (Å²) in [5.41, 5.74) is 0. The van der Waals surface area contributed by atoms with Crippen molar-refractivity contribution in [2.75, 3.05) is 45.9 Å². The average Bonchev–Trinajstić information content (AvgIpc) is 2.35. The van der Waals surface area contributed by atoms with Crippen LogP contribution < -0.4 is 5.32 Å². The summed E-state index contributed by atoms with van der Waals surface area (Å²) >= 11 is 0. The topological polar surface area (TPSA) is 72.9 Å². The molecule has 92 valence electrons. The third-order valence-electron chi connectivity index (χ3n) is 2.63. The van der Waals surface area contributed by atoms with E-state index in [1.54, 1.807) is 11.8 Å². The van der Waals surface area contributed by atoms with Crippen LogP contribution in [0.2, 0.25) is 0 Å². The lowest BCUT2D eigenvalue weighted by Gasteiger charge is -2.29. The van der Waals surface area contributed by atoms with Gasteiger partial charge in [-0.3, -0.25) is 9.59 Å². The fourth-order valence-electron chi connectivity index (χ4n) is 1.66. The van der Waals surface area contributed by atoms with E-state index in [1.807, 2.05) is 0 Å². The number of piperazine rings is 1. The summed E-state index contributed by atoms with van der Waals surface area (Å²) in [4.78, 5) is 26.5. The number of rotatable bonds is 3. The van der Waals surface area contributed by atoms with Gasteiger partial charge in [0.2, 0.25) is 0 Å². The normalized spacial score (nSPS) is 16.0. The molecule has 0 aromatic carbocycles. The van der Waals surface area contributed by atoms with Gasteiger partial charge < -0.3 is 20.2 Å². The van der Waals surface area contributed by atoms with Gasteiger partial charge in [0.05, 0.1) is 6.61 Å². The summed E-state index contributed by atoms with van der Waals surface area (Å²) in [6.07, 6.45) is 0. The zero-order valence-electron chi connectivity index (χ0n) is 9.61. The van der Waals surface area contributed by atoms with E-state index < -0.39 is 11.8 Å². The van der Waals surface area contributed by atoms with Crippen molar-refractivity contribution < 1.29 is 14.7 Å². The molecule has 1 rings (SSSR count).